The second-order valence-electron chi connectivity index (χ2n) is 9.03. The van der Waals surface area contributed by atoms with Crippen LogP contribution in [0.4, 0.5) is 0 Å². The molecule has 0 spiro atoms. The number of fused-ring (bicyclic) bond motifs is 1. The minimum atomic E-state index is -0.240. The van der Waals surface area contributed by atoms with E-state index in [1.54, 1.807) is 0 Å². The van der Waals surface area contributed by atoms with Crippen molar-refractivity contribution in [3.05, 3.63) is 60.3 Å². The predicted octanol–water partition coefficient (Wildman–Crippen LogP) is 5.15. The monoisotopic (exact) mass is 430 g/mol. The van der Waals surface area contributed by atoms with Gasteiger partial charge in [0.2, 0.25) is 0 Å². The van der Waals surface area contributed by atoms with E-state index >= 15 is 0 Å². The maximum atomic E-state index is 12.7. The molecule has 2 unspecified atom stereocenters. The van der Waals surface area contributed by atoms with Gasteiger partial charge >= 0.3 is 0 Å². The summed E-state index contributed by atoms with van der Waals surface area (Å²) in [5, 5.41) is 1.16. The quantitative estimate of drug-likeness (QED) is 0.575. The number of ether oxygens (including phenoxy) is 2. The van der Waals surface area contributed by atoms with E-state index in [2.05, 4.69) is 49.2 Å². The lowest BCUT2D eigenvalue weighted by atomic mass is 9.98. The van der Waals surface area contributed by atoms with Gasteiger partial charge in [-0.1, -0.05) is 18.2 Å². The van der Waals surface area contributed by atoms with Gasteiger partial charge in [-0.15, -0.1) is 0 Å². The number of amides is 1. The summed E-state index contributed by atoms with van der Waals surface area (Å²) in [5.41, 5.74) is 4.59. The number of carbonyl (C=O) groups excluding carboxylic acids is 1. The number of likely N-dealkylation sites (tertiary alicyclic amines) is 1. The van der Waals surface area contributed by atoms with Gasteiger partial charge in [-0.2, -0.15) is 0 Å². The maximum absolute atomic E-state index is 12.7. The Labute approximate surface area is 189 Å². The lowest BCUT2D eigenvalue weighted by Crippen LogP contribution is -2.50. The molecule has 0 saturated carbocycles. The molecule has 1 amide bonds. The van der Waals surface area contributed by atoms with E-state index in [-0.39, 0.29) is 24.2 Å². The molecule has 2 fully saturated rings. The van der Waals surface area contributed by atoms with Crippen LogP contribution in [0.5, 0.6) is 5.75 Å². The Balaban J connectivity index is 1.24. The van der Waals surface area contributed by atoms with Crippen LogP contribution in [0.15, 0.2) is 54.7 Å². The molecule has 2 aliphatic rings. The Morgan fingerprint density at radius 3 is 2.75 bits per heavy atom. The molecule has 2 saturated heterocycles. The van der Waals surface area contributed by atoms with Crippen LogP contribution in [-0.2, 0) is 9.53 Å². The summed E-state index contributed by atoms with van der Waals surface area (Å²) >= 11 is 0. The van der Waals surface area contributed by atoms with Crippen molar-refractivity contribution in [1.29, 1.82) is 0 Å². The van der Waals surface area contributed by atoms with Crippen LogP contribution in [-0.4, -0.2) is 47.2 Å². The van der Waals surface area contributed by atoms with Crippen LogP contribution in [0.25, 0.3) is 22.0 Å². The lowest BCUT2D eigenvalue weighted by molar-refractivity contribution is -0.145. The van der Waals surface area contributed by atoms with Crippen LogP contribution in [0.2, 0.25) is 0 Å². The molecule has 32 heavy (non-hydrogen) atoms. The zero-order valence-corrected chi connectivity index (χ0v) is 18.8. The number of benzene rings is 2. The normalized spacial score (nSPS) is 23.4. The Kier molecular flexibility index (Phi) is 5.83. The number of carbonyl (C=O) groups is 1. The van der Waals surface area contributed by atoms with Gasteiger partial charge in [-0.05, 0) is 73.7 Å². The largest absolute Gasteiger partial charge is 0.490 e. The molecule has 3 atom stereocenters. The van der Waals surface area contributed by atoms with Gasteiger partial charge in [0.1, 0.15) is 18.0 Å². The Morgan fingerprint density at radius 2 is 2.00 bits per heavy atom. The third-order valence-corrected chi connectivity index (χ3v) is 6.73. The minimum absolute atomic E-state index is 0.121. The minimum Gasteiger partial charge on any atom is -0.490 e. The van der Waals surface area contributed by atoms with Gasteiger partial charge in [-0.25, -0.2) is 0 Å². The number of pyridine rings is 1. The molecular weight excluding hydrogens is 400 g/mol. The van der Waals surface area contributed by atoms with Crippen molar-refractivity contribution in [1.82, 2.24) is 9.88 Å². The second kappa shape index (κ2) is 8.91. The summed E-state index contributed by atoms with van der Waals surface area (Å²) in [6, 6.07) is 16.9. The molecule has 0 bridgehead atoms. The number of piperidine rings is 1. The molecule has 0 radical (unpaired) electrons. The van der Waals surface area contributed by atoms with Crippen LogP contribution >= 0.6 is 0 Å². The topological polar surface area (TPSA) is 51.7 Å². The number of aryl methyl sites for hydroxylation is 1. The van der Waals surface area contributed by atoms with Gasteiger partial charge in [-0.3, -0.25) is 9.78 Å². The molecule has 3 heterocycles. The van der Waals surface area contributed by atoms with E-state index in [0.29, 0.717) is 6.61 Å². The molecule has 3 aromatic rings. The fourth-order valence-corrected chi connectivity index (χ4v) is 4.97. The number of nitrogens with zero attached hydrogens (tertiary/aromatic N) is 2. The zero-order chi connectivity index (χ0) is 22.1. The second-order valence-corrected chi connectivity index (χ2v) is 9.03. The van der Waals surface area contributed by atoms with Crippen molar-refractivity contribution in [3.63, 3.8) is 0 Å². The van der Waals surface area contributed by atoms with Crippen LogP contribution in [0.1, 0.15) is 38.2 Å². The highest BCUT2D eigenvalue weighted by Crippen LogP contribution is 2.30. The highest BCUT2D eigenvalue weighted by atomic mass is 16.5. The van der Waals surface area contributed by atoms with Crippen LogP contribution in [0, 0.1) is 6.92 Å². The van der Waals surface area contributed by atoms with Crippen molar-refractivity contribution in [3.8, 4) is 16.9 Å². The van der Waals surface area contributed by atoms with Crippen molar-refractivity contribution < 1.29 is 14.3 Å². The zero-order valence-electron chi connectivity index (χ0n) is 18.8. The summed E-state index contributed by atoms with van der Waals surface area (Å²) in [5.74, 6) is 1.03. The lowest BCUT2D eigenvalue weighted by Gasteiger charge is -2.38. The number of hydrogen-bond acceptors (Lipinski definition) is 4. The maximum Gasteiger partial charge on any atom is 0.251 e. The summed E-state index contributed by atoms with van der Waals surface area (Å²) < 4.78 is 11.9. The highest BCUT2D eigenvalue weighted by Gasteiger charge is 2.35. The fourth-order valence-electron chi connectivity index (χ4n) is 4.97. The Bertz CT molecular complexity index is 1110. The van der Waals surface area contributed by atoms with E-state index in [1.165, 1.54) is 11.1 Å². The summed E-state index contributed by atoms with van der Waals surface area (Å²) in [7, 11) is 0. The van der Waals surface area contributed by atoms with Gasteiger partial charge < -0.3 is 14.4 Å². The van der Waals surface area contributed by atoms with E-state index in [9.17, 15) is 4.79 Å². The van der Waals surface area contributed by atoms with Gasteiger partial charge in [0.25, 0.3) is 5.91 Å². The first kappa shape index (κ1) is 21.0. The number of hydrogen-bond donors (Lipinski definition) is 0. The fraction of sp³-hybridized carbons (Fsp3) is 0.407. The molecule has 5 nitrogen and oxygen atoms in total. The van der Waals surface area contributed by atoms with Gasteiger partial charge in [0.15, 0.2) is 0 Å². The third-order valence-electron chi connectivity index (χ3n) is 6.73. The number of aromatic nitrogens is 1. The average molecular weight is 431 g/mol. The molecule has 1 aromatic heterocycles. The first-order valence-electron chi connectivity index (χ1n) is 11.6. The average Bonchev–Trinajstić information content (AvgIpc) is 3.34. The van der Waals surface area contributed by atoms with E-state index in [4.69, 9.17) is 9.47 Å². The van der Waals surface area contributed by atoms with Gasteiger partial charge in [0, 0.05) is 43.6 Å². The van der Waals surface area contributed by atoms with Crippen molar-refractivity contribution in [2.45, 2.75) is 57.8 Å². The van der Waals surface area contributed by atoms with Crippen molar-refractivity contribution >= 4 is 16.8 Å². The molecule has 5 heteroatoms. The summed E-state index contributed by atoms with van der Waals surface area (Å²) in [6.45, 7) is 5.68. The first-order valence-corrected chi connectivity index (χ1v) is 11.6. The predicted molar refractivity (Wildman–Crippen MR) is 126 cm³/mol. The van der Waals surface area contributed by atoms with Crippen LogP contribution < -0.4 is 4.74 Å². The molecular formula is C27H30N2O3. The number of rotatable bonds is 4. The third kappa shape index (κ3) is 4.22. The molecule has 0 N–H and O–H groups in total. The molecule has 0 aliphatic carbocycles. The van der Waals surface area contributed by atoms with E-state index < -0.39 is 0 Å². The SMILES string of the molecule is Cc1cc2cccnc2cc1-c1ccc(OC2CCN(C(=O)[C@H]3CCCO3)C(C)C2)cc1. The van der Waals surface area contributed by atoms with Crippen molar-refractivity contribution in [2.75, 3.05) is 13.2 Å². The van der Waals surface area contributed by atoms with Crippen molar-refractivity contribution in [2.24, 2.45) is 0 Å². The first-order chi connectivity index (χ1) is 15.6. The van der Waals surface area contributed by atoms with E-state index in [1.807, 2.05) is 29.3 Å². The molecule has 2 aliphatic heterocycles. The van der Waals surface area contributed by atoms with E-state index in [0.717, 1.165) is 54.4 Å². The van der Waals surface area contributed by atoms with Crippen LogP contribution in [0.3, 0.4) is 0 Å². The highest BCUT2D eigenvalue weighted by molar-refractivity contribution is 5.86. The smallest absolute Gasteiger partial charge is 0.251 e. The Hall–Kier alpha value is -2.92. The van der Waals surface area contributed by atoms with Gasteiger partial charge in [0.05, 0.1) is 5.52 Å². The summed E-state index contributed by atoms with van der Waals surface area (Å²) in [4.78, 5) is 19.2. The molecule has 166 valence electrons. The molecule has 5 rings (SSSR count). The standard InChI is InChI=1S/C27H30N2O3/c1-18-15-21-5-3-12-28-25(21)17-24(18)20-7-9-22(10-8-20)32-23-11-13-29(19(2)16-23)27(30)26-6-4-14-31-26/h3,5,7-10,12,15,17,19,23,26H,4,6,11,13-14,16H2,1-2H3/t19?,23?,26-/m1/s1. The molecule has 2 aromatic carbocycles. The Morgan fingerprint density at radius 1 is 1.16 bits per heavy atom. The summed E-state index contributed by atoms with van der Waals surface area (Å²) in [6.07, 6.45) is 5.23.